The third-order valence-electron chi connectivity index (χ3n) is 1.52. The van der Waals surface area contributed by atoms with Crippen LogP contribution in [-0.2, 0) is 15.5 Å². The number of halogens is 4. The molecule has 1 aromatic rings. The molecular weight excluding hydrogens is 258 g/mol. The van der Waals surface area contributed by atoms with Crippen molar-refractivity contribution < 1.29 is 31.9 Å². The van der Waals surface area contributed by atoms with Gasteiger partial charge in [-0.3, -0.25) is 4.98 Å². The molecule has 8 heteroatoms. The minimum Gasteiger partial charge on any atom is -0.461 e. The SMILES string of the molecule is CCOC(=O)C(F)(F)c1ccccn1.O=C(F)F. The number of ether oxygens (including phenoxy) is 1. The van der Waals surface area contributed by atoms with E-state index >= 15 is 0 Å². The summed E-state index contributed by atoms with van der Waals surface area (Å²) in [5, 5.41) is 0. The zero-order valence-electron chi connectivity index (χ0n) is 9.20. The highest BCUT2D eigenvalue weighted by Gasteiger charge is 2.43. The maximum absolute atomic E-state index is 13.2. The second-order valence-electron chi connectivity index (χ2n) is 2.74. The summed E-state index contributed by atoms with van der Waals surface area (Å²) in [6.07, 6.45) is -1.64. The first-order chi connectivity index (χ1) is 8.32. The van der Waals surface area contributed by atoms with Crippen LogP contribution >= 0.6 is 0 Å². The number of carbonyl (C=O) groups is 2. The summed E-state index contributed by atoms with van der Waals surface area (Å²) in [5.41, 5.74) is -0.599. The number of aromatic nitrogens is 1. The predicted molar refractivity (Wildman–Crippen MR) is 52.4 cm³/mol. The Kier molecular flexibility index (Phi) is 6.54. The van der Waals surface area contributed by atoms with Crippen LogP contribution in [-0.4, -0.2) is 23.9 Å². The van der Waals surface area contributed by atoms with Gasteiger partial charge in [0.2, 0.25) is 0 Å². The smallest absolute Gasteiger partial charge is 0.461 e. The fraction of sp³-hybridized carbons (Fsp3) is 0.300. The lowest BCUT2D eigenvalue weighted by Gasteiger charge is -2.13. The van der Waals surface area contributed by atoms with Crippen LogP contribution in [0, 0.1) is 0 Å². The second-order valence-corrected chi connectivity index (χ2v) is 2.74. The molecule has 0 unspecified atom stereocenters. The van der Waals surface area contributed by atoms with Crippen LogP contribution in [0.1, 0.15) is 12.6 Å². The van der Waals surface area contributed by atoms with Crippen LogP contribution in [0.5, 0.6) is 0 Å². The highest BCUT2D eigenvalue weighted by molar-refractivity contribution is 5.78. The number of alkyl halides is 2. The van der Waals surface area contributed by atoms with Crippen LogP contribution in [0.2, 0.25) is 0 Å². The van der Waals surface area contributed by atoms with Crippen LogP contribution in [0.25, 0.3) is 0 Å². The van der Waals surface area contributed by atoms with E-state index in [1.165, 1.54) is 25.3 Å². The Morgan fingerprint density at radius 3 is 2.28 bits per heavy atom. The zero-order chi connectivity index (χ0) is 14.2. The molecule has 0 aliphatic carbocycles. The highest BCUT2D eigenvalue weighted by Crippen LogP contribution is 2.27. The van der Waals surface area contributed by atoms with Crippen molar-refractivity contribution in [3.8, 4) is 0 Å². The molecule has 0 saturated carbocycles. The van der Waals surface area contributed by atoms with E-state index in [-0.39, 0.29) is 6.61 Å². The molecule has 0 bridgehead atoms. The summed E-state index contributed by atoms with van der Waals surface area (Å²) in [7, 11) is 0. The van der Waals surface area contributed by atoms with E-state index in [1.807, 2.05) is 0 Å². The van der Waals surface area contributed by atoms with Crippen molar-refractivity contribution in [2.45, 2.75) is 12.8 Å². The van der Waals surface area contributed by atoms with Crippen molar-refractivity contribution in [2.75, 3.05) is 6.61 Å². The van der Waals surface area contributed by atoms with Gasteiger partial charge in [0.05, 0.1) is 6.61 Å². The first kappa shape index (κ1) is 16.0. The summed E-state index contributed by atoms with van der Waals surface area (Å²) in [6, 6.07) is 3.96. The molecule has 1 aromatic heterocycles. The Hall–Kier alpha value is -1.99. The predicted octanol–water partition coefficient (Wildman–Crippen LogP) is 2.78. The van der Waals surface area contributed by atoms with Crippen LogP contribution in [0.4, 0.5) is 22.4 Å². The molecule has 0 aliphatic heterocycles. The Balaban J connectivity index is 0.000000631. The molecule has 1 rings (SSSR count). The number of pyridine rings is 1. The quantitative estimate of drug-likeness (QED) is 0.480. The third-order valence-corrected chi connectivity index (χ3v) is 1.52. The Morgan fingerprint density at radius 2 is 1.89 bits per heavy atom. The van der Waals surface area contributed by atoms with Gasteiger partial charge in [-0.25, -0.2) is 9.59 Å². The normalized spacial score (nSPS) is 10.1. The molecule has 0 saturated heterocycles. The molecule has 0 N–H and O–H groups in total. The Bertz CT molecular complexity index is 393. The molecule has 100 valence electrons. The molecule has 0 aromatic carbocycles. The molecule has 0 fully saturated rings. The van der Waals surface area contributed by atoms with Crippen molar-refractivity contribution in [2.24, 2.45) is 0 Å². The maximum atomic E-state index is 13.2. The third kappa shape index (κ3) is 5.37. The number of hydrogen-bond donors (Lipinski definition) is 0. The lowest BCUT2D eigenvalue weighted by molar-refractivity contribution is -0.173. The van der Waals surface area contributed by atoms with E-state index in [4.69, 9.17) is 4.79 Å². The minimum atomic E-state index is -3.67. The molecule has 0 aliphatic rings. The van der Waals surface area contributed by atoms with Gasteiger partial charge in [-0.05, 0) is 19.1 Å². The lowest BCUT2D eigenvalue weighted by atomic mass is 10.2. The highest BCUT2D eigenvalue weighted by atomic mass is 19.3. The lowest BCUT2D eigenvalue weighted by Crippen LogP contribution is -2.29. The molecular formula is C10H9F4NO3. The van der Waals surface area contributed by atoms with Crippen molar-refractivity contribution >= 4 is 12.3 Å². The van der Waals surface area contributed by atoms with Crippen molar-refractivity contribution in [3.05, 3.63) is 30.1 Å². The Labute approximate surface area is 99.6 Å². The van der Waals surface area contributed by atoms with Gasteiger partial charge in [-0.2, -0.15) is 8.78 Å². The first-order valence-corrected chi connectivity index (χ1v) is 4.63. The minimum absolute atomic E-state index is 0.0821. The van der Waals surface area contributed by atoms with Gasteiger partial charge in [0.25, 0.3) is 0 Å². The summed E-state index contributed by atoms with van der Waals surface area (Å²) >= 11 is 0. The zero-order valence-corrected chi connectivity index (χ0v) is 9.20. The summed E-state index contributed by atoms with van der Waals surface area (Å²) in [6.45, 7) is 1.38. The summed E-state index contributed by atoms with van der Waals surface area (Å²) in [5.74, 6) is -5.24. The molecule has 0 spiro atoms. The molecule has 0 atom stereocenters. The first-order valence-electron chi connectivity index (χ1n) is 4.63. The Morgan fingerprint density at radius 1 is 1.33 bits per heavy atom. The van der Waals surface area contributed by atoms with Crippen LogP contribution in [0.15, 0.2) is 24.4 Å². The van der Waals surface area contributed by atoms with E-state index in [1.54, 1.807) is 0 Å². The van der Waals surface area contributed by atoms with Crippen LogP contribution in [0.3, 0.4) is 0 Å². The summed E-state index contributed by atoms with van der Waals surface area (Å²) in [4.78, 5) is 22.4. The van der Waals surface area contributed by atoms with Gasteiger partial charge >= 0.3 is 18.2 Å². The molecule has 1 heterocycles. The molecule has 18 heavy (non-hydrogen) atoms. The average Bonchev–Trinajstić information content (AvgIpc) is 2.29. The van der Waals surface area contributed by atoms with E-state index in [9.17, 15) is 22.4 Å². The number of nitrogens with zero attached hydrogens (tertiary/aromatic N) is 1. The fourth-order valence-corrected chi connectivity index (χ4v) is 0.875. The van der Waals surface area contributed by atoms with Gasteiger partial charge in [0.15, 0.2) is 0 Å². The fourth-order valence-electron chi connectivity index (χ4n) is 0.875. The van der Waals surface area contributed by atoms with Gasteiger partial charge in [0.1, 0.15) is 5.69 Å². The molecule has 4 nitrogen and oxygen atoms in total. The van der Waals surface area contributed by atoms with E-state index < -0.39 is 23.9 Å². The number of rotatable bonds is 3. The topological polar surface area (TPSA) is 56.3 Å². The van der Waals surface area contributed by atoms with Gasteiger partial charge in [-0.15, -0.1) is 8.78 Å². The number of hydrogen-bond acceptors (Lipinski definition) is 4. The standard InChI is InChI=1S/C9H9F2NO2.CF2O/c1-2-14-8(13)9(10,11)7-5-3-4-6-12-7;2-1(3)4/h3-6H,2H2,1H3;. The number of esters is 1. The second kappa shape index (κ2) is 7.36. The van der Waals surface area contributed by atoms with Crippen molar-refractivity contribution in [1.29, 1.82) is 0 Å². The van der Waals surface area contributed by atoms with Crippen molar-refractivity contribution in [1.82, 2.24) is 4.98 Å². The van der Waals surface area contributed by atoms with Crippen LogP contribution < -0.4 is 0 Å². The van der Waals surface area contributed by atoms with E-state index in [0.717, 1.165) is 6.07 Å². The van der Waals surface area contributed by atoms with Gasteiger partial charge < -0.3 is 4.74 Å². The summed E-state index contributed by atoms with van der Waals surface area (Å²) < 4.78 is 50.0. The molecule has 0 radical (unpaired) electrons. The molecule has 0 amide bonds. The van der Waals surface area contributed by atoms with Gasteiger partial charge in [-0.1, -0.05) is 6.07 Å². The largest absolute Gasteiger partial charge is 0.483 e. The number of carbonyl (C=O) groups excluding carboxylic acids is 2. The average molecular weight is 267 g/mol. The maximum Gasteiger partial charge on any atom is 0.483 e. The monoisotopic (exact) mass is 267 g/mol. The van der Waals surface area contributed by atoms with E-state index in [0.29, 0.717) is 0 Å². The van der Waals surface area contributed by atoms with E-state index in [2.05, 4.69) is 9.72 Å². The van der Waals surface area contributed by atoms with Gasteiger partial charge in [0, 0.05) is 6.20 Å². The van der Waals surface area contributed by atoms with Crippen molar-refractivity contribution in [3.63, 3.8) is 0 Å².